The average Bonchev–Trinajstić information content (AvgIpc) is 2.49. The van der Waals surface area contributed by atoms with E-state index in [4.69, 9.17) is 0 Å². The summed E-state index contributed by atoms with van der Waals surface area (Å²) in [5, 5.41) is 0. The summed E-state index contributed by atoms with van der Waals surface area (Å²) in [5.41, 5.74) is 0.143. The van der Waals surface area contributed by atoms with Crippen molar-refractivity contribution >= 4 is 11.2 Å². The number of H-pyrrole nitrogens is 1. The monoisotopic (exact) mass is 204 g/mol. The van der Waals surface area contributed by atoms with Gasteiger partial charge in [-0.3, -0.25) is 0 Å². The summed E-state index contributed by atoms with van der Waals surface area (Å²) in [6.07, 6.45) is -2.61. The fraction of sp³-hybridized carbons (Fsp3) is 0.167. The first-order valence-electron chi connectivity index (χ1n) is 3.46. The lowest BCUT2D eigenvalue weighted by molar-refractivity contribution is -0.275. The number of halogens is 3. The Labute approximate surface area is 75.0 Å². The molecule has 0 aliphatic rings. The number of aromatic amines is 1. The molecule has 0 unspecified atom stereocenters. The summed E-state index contributed by atoms with van der Waals surface area (Å²) in [5.74, 6) is -0.583. The fourth-order valence-corrected chi connectivity index (χ4v) is 0.930. The third-order valence-electron chi connectivity index (χ3n) is 1.40. The molecule has 2 heterocycles. The molecule has 0 fully saturated rings. The van der Waals surface area contributed by atoms with Crippen molar-refractivity contribution in [2.24, 2.45) is 0 Å². The number of nitrogens with zero attached hydrogens (tertiary/aromatic N) is 3. The molecule has 0 atom stereocenters. The molecule has 5 nitrogen and oxygen atoms in total. The second kappa shape index (κ2) is 2.82. The summed E-state index contributed by atoms with van der Waals surface area (Å²) in [7, 11) is 0. The van der Waals surface area contributed by atoms with Crippen LogP contribution in [0.2, 0.25) is 0 Å². The van der Waals surface area contributed by atoms with Gasteiger partial charge < -0.3 is 9.72 Å². The Morgan fingerprint density at radius 3 is 2.71 bits per heavy atom. The van der Waals surface area contributed by atoms with Crippen molar-refractivity contribution in [1.82, 2.24) is 19.9 Å². The highest BCUT2D eigenvalue weighted by Gasteiger charge is 2.33. The average molecular weight is 204 g/mol. The highest BCUT2D eigenvalue weighted by molar-refractivity contribution is 5.74. The molecule has 1 N–H and O–H groups in total. The molecule has 0 spiro atoms. The molecule has 0 aliphatic heterocycles. The van der Waals surface area contributed by atoms with E-state index in [1.807, 2.05) is 0 Å². The molecule has 0 saturated carbocycles. The third kappa shape index (κ3) is 1.58. The molecular formula is C6H3F3N4O. The normalized spacial score (nSPS) is 11.9. The molecule has 14 heavy (non-hydrogen) atoms. The third-order valence-corrected chi connectivity index (χ3v) is 1.40. The molecule has 2 aromatic heterocycles. The van der Waals surface area contributed by atoms with Crippen molar-refractivity contribution < 1.29 is 17.9 Å². The lowest BCUT2D eigenvalue weighted by atomic mass is 10.5. The minimum absolute atomic E-state index is 0.0184. The van der Waals surface area contributed by atoms with Crippen LogP contribution in [0.1, 0.15) is 0 Å². The van der Waals surface area contributed by atoms with Gasteiger partial charge in [-0.1, -0.05) is 0 Å². The van der Waals surface area contributed by atoms with Crippen LogP contribution in [-0.4, -0.2) is 26.3 Å². The maximum atomic E-state index is 11.9. The summed E-state index contributed by atoms with van der Waals surface area (Å²) in [6, 6.07) is 0. The number of nitrogens with one attached hydrogen (secondary N) is 1. The van der Waals surface area contributed by atoms with E-state index in [-0.39, 0.29) is 11.2 Å². The van der Waals surface area contributed by atoms with Crippen LogP contribution < -0.4 is 4.74 Å². The van der Waals surface area contributed by atoms with E-state index in [0.717, 1.165) is 6.33 Å². The SMILES string of the molecule is FC(F)(F)Oc1ncnc2nc[nH]c12. The van der Waals surface area contributed by atoms with E-state index < -0.39 is 12.2 Å². The summed E-state index contributed by atoms with van der Waals surface area (Å²) in [4.78, 5) is 13.1. The molecule has 2 rings (SSSR count). The van der Waals surface area contributed by atoms with Crippen LogP contribution in [0, 0.1) is 0 Å². The lowest BCUT2D eigenvalue weighted by Crippen LogP contribution is -2.18. The number of fused-ring (bicyclic) bond motifs is 1. The smallest absolute Gasteiger partial charge is 0.385 e. The molecule has 2 aromatic rings. The predicted molar refractivity (Wildman–Crippen MR) is 38.4 cm³/mol. The number of hydrogen-bond donors (Lipinski definition) is 1. The lowest BCUT2D eigenvalue weighted by Gasteiger charge is -2.06. The fourth-order valence-electron chi connectivity index (χ4n) is 0.930. The first-order chi connectivity index (χ1) is 6.56. The van der Waals surface area contributed by atoms with Crippen LogP contribution >= 0.6 is 0 Å². The summed E-state index contributed by atoms with van der Waals surface area (Å²) >= 11 is 0. The van der Waals surface area contributed by atoms with Crippen molar-refractivity contribution in [3.8, 4) is 5.88 Å². The van der Waals surface area contributed by atoms with Crippen LogP contribution in [0.5, 0.6) is 5.88 Å². The molecule has 0 radical (unpaired) electrons. The number of aromatic nitrogens is 4. The molecule has 74 valence electrons. The highest BCUT2D eigenvalue weighted by atomic mass is 19.4. The maximum Gasteiger partial charge on any atom is 0.574 e. The van der Waals surface area contributed by atoms with Crippen molar-refractivity contribution in [3.05, 3.63) is 12.7 Å². The minimum atomic E-state index is -4.77. The molecule has 0 amide bonds. The Bertz CT molecular complexity index is 452. The van der Waals surface area contributed by atoms with E-state index in [0.29, 0.717) is 0 Å². The number of hydrogen-bond acceptors (Lipinski definition) is 4. The van der Waals surface area contributed by atoms with Crippen molar-refractivity contribution in [2.45, 2.75) is 6.36 Å². The van der Waals surface area contributed by atoms with Crippen LogP contribution in [0.4, 0.5) is 13.2 Å². The van der Waals surface area contributed by atoms with E-state index in [2.05, 4.69) is 24.7 Å². The summed E-state index contributed by atoms with van der Waals surface area (Å²) in [6.45, 7) is 0. The van der Waals surface area contributed by atoms with Gasteiger partial charge in [0.15, 0.2) is 5.65 Å². The zero-order valence-corrected chi connectivity index (χ0v) is 6.54. The Morgan fingerprint density at radius 2 is 2.00 bits per heavy atom. The topological polar surface area (TPSA) is 63.7 Å². The second-order valence-corrected chi connectivity index (χ2v) is 2.33. The Morgan fingerprint density at radius 1 is 1.21 bits per heavy atom. The van der Waals surface area contributed by atoms with Gasteiger partial charge in [0.25, 0.3) is 5.88 Å². The minimum Gasteiger partial charge on any atom is -0.385 e. The van der Waals surface area contributed by atoms with E-state index >= 15 is 0 Å². The van der Waals surface area contributed by atoms with Gasteiger partial charge in [0.2, 0.25) is 0 Å². The molecule has 0 aliphatic carbocycles. The zero-order chi connectivity index (χ0) is 10.2. The zero-order valence-electron chi connectivity index (χ0n) is 6.54. The first-order valence-corrected chi connectivity index (χ1v) is 3.46. The van der Waals surface area contributed by atoms with Crippen LogP contribution in [-0.2, 0) is 0 Å². The summed E-state index contributed by atoms with van der Waals surface area (Å²) < 4.78 is 39.2. The van der Waals surface area contributed by atoms with Gasteiger partial charge >= 0.3 is 6.36 Å². The molecular weight excluding hydrogens is 201 g/mol. The van der Waals surface area contributed by atoms with Gasteiger partial charge in [-0.15, -0.1) is 13.2 Å². The number of rotatable bonds is 1. The second-order valence-electron chi connectivity index (χ2n) is 2.33. The van der Waals surface area contributed by atoms with E-state index in [1.165, 1.54) is 6.33 Å². The van der Waals surface area contributed by atoms with Crippen LogP contribution in [0.25, 0.3) is 11.2 Å². The van der Waals surface area contributed by atoms with Gasteiger partial charge in [0, 0.05) is 0 Å². The maximum absolute atomic E-state index is 11.9. The highest BCUT2D eigenvalue weighted by Crippen LogP contribution is 2.24. The molecule has 0 aromatic carbocycles. The molecule has 0 bridgehead atoms. The largest absolute Gasteiger partial charge is 0.574 e. The van der Waals surface area contributed by atoms with Gasteiger partial charge in [-0.25, -0.2) is 9.97 Å². The van der Waals surface area contributed by atoms with Gasteiger partial charge in [0.1, 0.15) is 11.8 Å². The first kappa shape index (κ1) is 8.73. The Balaban J connectivity index is 2.46. The van der Waals surface area contributed by atoms with Crippen LogP contribution in [0.3, 0.4) is 0 Å². The van der Waals surface area contributed by atoms with E-state index in [1.54, 1.807) is 0 Å². The number of ether oxygens (including phenoxy) is 1. The Hall–Kier alpha value is -1.86. The number of imidazole rings is 1. The van der Waals surface area contributed by atoms with Gasteiger partial charge in [-0.2, -0.15) is 4.98 Å². The van der Waals surface area contributed by atoms with E-state index in [9.17, 15) is 13.2 Å². The van der Waals surface area contributed by atoms with Crippen molar-refractivity contribution in [1.29, 1.82) is 0 Å². The number of alkyl halides is 3. The quantitative estimate of drug-likeness (QED) is 0.759. The molecule has 0 saturated heterocycles. The standard InChI is InChI=1S/C6H3F3N4O/c7-6(8,9)14-5-3-4(11-1-10-3)12-2-13-5/h1-2H,(H,10,11,12,13). The van der Waals surface area contributed by atoms with Crippen molar-refractivity contribution in [2.75, 3.05) is 0 Å². The van der Waals surface area contributed by atoms with Crippen molar-refractivity contribution in [3.63, 3.8) is 0 Å². The predicted octanol–water partition coefficient (Wildman–Crippen LogP) is 1.25. The van der Waals surface area contributed by atoms with Gasteiger partial charge in [0.05, 0.1) is 6.33 Å². The Kier molecular flexibility index (Phi) is 1.76. The molecule has 8 heteroatoms. The van der Waals surface area contributed by atoms with Crippen LogP contribution in [0.15, 0.2) is 12.7 Å². The van der Waals surface area contributed by atoms with Gasteiger partial charge in [-0.05, 0) is 0 Å².